The highest BCUT2D eigenvalue weighted by atomic mass is 35.5. The first kappa shape index (κ1) is 43.0. The number of aliphatic carboxylic acids is 1. The molecule has 3 aliphatic rings. The topological polar surface area (TPSA) is 159 Å². The van der Waals surface area contributed by atoms with Crippen molar-refractivity contribution in [2.24, 2.45) is 10.8 Å². The van der Waals surface area contributed by atoms with Crippen LogP contribution in [0.3, 0.4) is 0 Å². The van der Waals surface area contributed by atoms with Crippen molar-refractivity contribution in [1.82, 2.24) is 15.5 Å². The fourth-order valence-electron chi connectivity index (χ4n) is 8.28. The molecule has 56 heavy (non-hydrogen) atoms. The lowest BCUT2D eigenvalue weighted by atomic mass is 9.62. The average molecular weight is 820 g/mol. The highest BCUT2D eigenvalue weighted by Gasteiger charge is 2.62. The molecule has 2 heterocycles. The summed E-state index contributed by atoms with van der Waals surface area (Å²) in [6.07, 6.45) is 1.43. The standard InChI is InChI=1S/C40H46Cl2F2N4O8/c1-37(2,3)18-29-39(20-45,24-12-11-22(41)17-27(24)43)31(23-9-8-10-26(42)32(23)44)33(46-29)34(49)47-28-14-13-25(35(50)51)38(4,5)40(28,53-7)15-16-55-36(52)48(6)30-19-54-21-56-30/h8-14,17,29-31,33,46H,15-16,18-19,21H2,1-7H3,(H,47,49)(H,50,51)/t29-,30?,31-,33+,39-,40?/m0/s1. The highest BCUT2D eigenvalue weighted by molar-refractivity contribution is 6.31. The molecule has 0 radical (unpaired) electrons. The second-order valence-corrected chi connectivity index (χ2v) is 16.7. The van der Waals surface area contributed by atoms with Crippen LogP contribution in [0.15, 0.2) is 59.8 Å². The van der Waals surface area contributed by atoms with Crippen molar-refractivity contribution < 1.29 is 47.2 Å². The van der Waals surface area contributed by atoms with Gasteiger partial charge in [0.15, 0.2) is 6.23 Å². The van der Waals surface area contributed by atoms with Crippen molar-refractivity contribution in [3.8, 4) is 6.07 Å². The van der Waals surface area contributed by atoms with Crippen LogP contribution in [0.2, 0.25) is 10.0 Å². The van der Waals surface area contributed by atoms with Crippen LogP contribution in [-0.4, -0.2) is 86.1 Å². The summed E-state index contributed by atoms with van der Waals surface area (Å²) >= 11 is 12.5. The number of methoxy groups -OCH3 is 1. The molecule has 2 aromatic rings. The van der Waals surface area contributed by atoms with Gasteiger partial charge in [-0.15, -0.1) is 0 Å². The lowest BCUT2D eigenvalue weighted by Gasteiger charge is -2.49. The van der Waals surface area contributed by atoms with E-state index in [-0.39, 0.29) is 65.3 Å². The number of likely N-dealkylation sites (N-methyl/N-ethyl adjacent to an activating group) is 1. The maximum atomic E-state index is 16.3. The van der Waals surface area contributed by atoms with Gasteiger partial charge < -0.3 is 34.7 Å². The normalized spacial score (nSPS) is 27.2. The number of hydrogen-bond donors (Lipinski definition) is 3. The quantitative estimate of drug-likeness (QED) is 0.220. The van der Waals surface area contributed by atoms with Gasteiger partial charge in [-0.05, 0) is 47.8 Å². The van der Waals surface area contributed by atoms with Crippen molar-refractivity contribution in [3.05, 3.63) is 92.6 Å². The number of nitriles is 1. The van der Waals surface area contributed by atoms with E-state index in [0.717, 1.165) is 6.07 Å². The molecule has 0 spiro atoms. The molecule has 0 bridgehead atoms. The molecule has 0 aromatic heterocycles. The third kappa shape index (κ3) is 7.77. The number of ether oxygens (including phenoxy) is 4. The molecule has 6 atom stereocenters. The summed E-state index contributed by atoms with van der Waals surface area (Å²) in [6, 6.07) is 8.09. The molecule has 2 aliphatic heterocycles. The minimum absolute atomic E-state index is 0.0170. The number of amides is 2. The molecule has 0 saturated carbocycles. The number of halogens is 4. The predicted molar refractivity (Wildman–Crippen MR) is 203 cm³/mol. The average Bonchev–Trinajstić information content (AvgIpc) is 3.77. The second kappa shape index (κ2) is 16.4. The number of nitrogens with zero attached hydrogens (tertiary/aromatic N) is 2. The van der Waals surface area contributed by atoms with Gasteiger partial charge in [-0.2, -0.15) is 5.26 Å². The molecule has 3 N–H and O–H groups in total. The maximum Gasteiger partial charge on any atom is 0.411 e. The Hall–Kier alpha value is -4.10. The van der Waals surface area contributed by atoms with Crippen LogP contribution in [0, 0.1) is 33.8 Å². The molecular weight excluding hydrogens is 773 g/mol. The molecular formula is C40H46Cl2F2N4O8. The lowest BCUT2D eigenvalue weighted by molar-refractivity contribution is -0.138. The molecule has 2 fully saturated rings. The van der Waals surface area contributed by atoms with Crippen LogP contribution in [0.4, 0.5) is 13.6 Å². The van der Waals surface area contributed by atoms with Crippen molar-refractivity contribution in [2.45, 2.75) is 82.7 Å². The summed E-state index contributed by atoms with van der Waals surface area (Å²) in [5.41, 5.74) is -5.51. The maximum absolute atomic E-state index is 16.3. The predicted octanol–water partition coefficient (Wildman–Crippen LogP) is 6.82. The molecule has 5 rings (SSSR count). The number of carboxylic acid groups (broad SMARTS) is 1. The Labute approximate surface area is 334 Å². The molecule has 302 valence electrons. The minimum Gasteiger partial charge on any atom is -0.478 e. The number of benzene rings is 2. The lowest BCUT2D eigenvalue weighted by Crippen LogP contribution is -2.58. The Kier molecular flexibility index (Phi) is 12.6. The van der Waals surface area contributed by atoms with E-state index in [1.54, 1.807) is 13.8 Å². The first-order valence-electron chi connectivity index (χ1n) is 17.9. The van der Waals surface area contributed by atoms with E-state index in [2.05, 4.69) is 16.7 Å². The van der Waals surface area contributed by atoms with Gasteiger partial charge in [0, 0.05) is 54.1 Å². The van der Waals surface area contributed by atoms with Crippen molar-refractivity contribution in [1.29, 1.82) is 5.26 Å². The number of carboxylic acids is 1. The molecule has 2 unspecified atom stereocenters. The smallest absolute Gasteiger partial charge is 0.411 e. The summed E-state index contributed by atoms with van der Waals surface area (Å²) in [6.45, 7) is 8.88. The molecule has 12 nitrogen and oxygen atoms in total. The van der Waals surface area contributed by atoms with Crippen LogP contribution in [-0.2, 0) is 34.0 Å². The highest BCUT2D eigenvalue weighted by Crippen LogP contribution is 2.54. The van der Waals surface area contributed by atoms with Gasteiger partial charge in [-0.3, -0.25) is 9.69 Å². The molecule has 2 aromatic carbocycles. The Morgan fingerprint density at radius 2 is 1.88 bits per heavy atom. The largest absolute Gasteiger partial charge is 0.478 e. The van der Waals surface area contributed by atoms with Crippen LogP contribution in [0.25, 0.3) is 0 Å². The van der Waals surface area contributed by atoms with E-state index < -0.39 is 75.7 Å². The minimum atomic E-state index is -1.89. The van der Waals surface area contributed by atoms with Gasteiger partial charge in [0.2, 0.25) is 5.91 Å². The van der Waals surface area contributed by atoms with Gasteiger partial charge in [-0.1, -0.05) is 76.0 Å². The Morgan fingerprint density at radius 3 is 2.46 bits per heavy atom. The molecule has 2 amide bonds. The molecule has 1 aliphatic carbocycles. The Balaban J connectivity index is 1.61. The first-order valence-corrected chi connectivity index (χ1v) is 18.7. The van der Waals surface area contributed by atoms with Crippen LogP contribution < -0.4 is 10.6 Å². The molecule has 16 heteroatoms. The summed E-state index contributed by atoms with van der Waals surface area (Å²) in [5, 5.41) is 27.5. The van der Waals surface area contributed by atoms with Crippen molar-refractivity contribution >= 4 is 41.2 Å². The third-order valence-corrected chi connectivity index (χ3v) is 11.6. The van der Waals surface area contributed by atoms with Crippen LogP contribution >= 0.6 is 23.2 Å². The van der Waals surface area contributed by atoms with E-state index >= 15 is 8.78 Å². The zero-order valence-electron chi connectivity index (χ0n) is 32.2. The van der Waals surface area contributed by atoms with Crippen LogP contribution in [0.1, 0.15) is 64.5 Å². The van der Waals surface area contributed by atoms with E-state index in [1.165, 1.54) is 61.5 Å². The summed E-state index contributed by atoms with van der Waals surface area (Å²) in [5.74, 6) is -5.07. The number of hydrogen-bond acceptors (Lipinski definition) is 9. The van der Waals surface area contributed by atoms with Gasteiger partial charge in [0.1, 0.15) is 29.4 Å². The number of carbonyl (C=O) groups is 3. The van der Waals surface area contributed by atoms with Crippen molar-refractivity contribution in [3.63, 3.8) is 0 Å². The summed E-state index contributed by atoms with van der Waals surface area (Å²) < 4.78 is 54.7. The third-order valence-electron chi connectivity index (χ3n) is 11.1. The van der Waals surface area contributed by atoms with Gasteiger partial charge in [0.05, 0.1) is 36.0 Å². The van der Waals surface area contributed by atoms with E-state index in [9.17, 15) is 24.8 Å². The molecule has 2 saturated heterocycles. The number of rotatable bonds is 11. The first-order chi connectivity index (χ1) is 26.2. The zero-order valence-corrected chi connectivity index (χ0v) is 33.7. The fourth-order valence-corrected chi connectivity index (χ4v) is 8.62. The monoisotopic (exact) mass is 818 g/mol. The fraction of sp³-hybridized carbons (Fsp3) is 0.500. The van der Waals surface area contributed by atoms with Gasteiger partial charge in [0.25, 0.3) is 0 Å². The van der Waals surface area contributed by atoms with E-state index in [0.29, 0.717) is 0 Å². The SMILES string of the molecule is COC1(CCOC(=O)N(C)C2COCO2)C(NC(=O)[C@@H]2N[C@@H](CC(C)(C)C)[C@](C#N)(c3ccc(Cl)cc3F)[C@H]2c2cccc(Cl)c2F)=CC=C(C(=O)O)C1(C)C. The number of carbonyl (C=O) groups excluding carboxylic acids is 2. The van der Waals surface area contributed by atoms with E-state index in [1.807, 2.05) is 20.8 Å². The second-order valence-electron chi connectivity index (χ2n) is 15.9. The van der Waals surface area contributed by atoms with Gasteiger partial charge >= 0.3 is 12.1 Å². The zero-order chi connectivity index (χ0) is 41.4. The van der Waals surface area contributed by atoms with Crippen LogP contribution in [0.5, 0.6) is 0 Å². The van der Waals surface area contributed by atoms with Gasteiger partial charge in [-0.25, -0.2) is 18.4 Å². The number of allylic oxidation sites excluding steroid dienone is 2. The summed E-state index contributed by atoms with van der Waals surface area (Å²) in [7, 11) is 2.82. The van der Waals surface area contributed by atoms with E-state index in [4.69, 9.17) is 42.1 Å². The Bertz CT molecular complexity index is 1980. The Morgan fingerprint density at radius 1 is 1.16 bits per heavy atom. The van der Waals surface area contributed by atoms with Crippen molar-refractivity contribution in [2.75, 3.05) is 34.2 Å². The summed E-state index contributed by atoms with van der Waals surface area (Å²) in [4.78, 5) is 41.6. The number of nitrogens with one attached hydrogen (secondary N) is 2.